The number of nitrogens with zero attached hydrogens (tertiary/aromatic N) is 1. The Balaban J connectivity index is 1.80. The molecule has 94 valence electrons. The maximum atomic E-state index is 9.38. The Morgan fingerprint density at radius 3 is 2.94 bits per heavy atom. The lowest BCUT2D eigenvalue weighted by Crippen LogP contribution is -2.34. The minimum Gasteiger partial charge on any atom is -0.508 e. The molecular weight excluding hydrogens is 212 g/mol. The van der Waals surface area contributed by atoms with E-state index in [1.807, 2.05) is 18.2 Å². The fourth-order valence-electron chi connectivity index (χ4n) is 2.35. The Bertz CT molecular complexity index is 365. The molecule has 17 heavy (non-hydrogen) atoms. The molecule has 3 nitrogen and oxygen atoms in total. The second-order valence-electron chi connectivity index (χ2n) is 5.13. The summed E-state index contributed by atoms with van der Waals surface area (Å²) in [5, 5.41) is 12.9. The van der Waals surface area contributed by atoms with Crippen molar-refractivity contribution in [1.82, 2.24) is 10.2 Å². The second-order valence-corrected chi connectivity index (χ2v) is 5.13. The molecule has 2 rings (SSSR count). The van der Waals surface area contributed by atoms with Crippen molar-refractivity contribution in [1.29, 1.82) is 0 Å². The van der Waals surface area contributed by atoms with E-state index in [-0.39, 0.29) is 0 Å². The van der Waals surface area contributed by atoms with Crippen molar-refractivity contribution >= 4 is 0 Å². The number of phenolic OH excluding ortho intramolecular Hbond substituents is 1. The van der Waals surface area contributed by atoms with Crippen LogP contribution in [0, 0.1) is 0 Å². The van der Waals surface area contributed by atoms with E-state index in [0.29, 0.717) is 17.8 Å². The molecule has 1 aromatic rings. The summed E-state index contributed by atoms with van der Waals surface area (Å²) in [4.78, 5) is 2.50. The van der Waals surface area contributed by atoms with Crippen LogP contribution in [-0.2, 0) is 6.54 Å². The van der Waals surface area contributed by atoms with E-state index >= 15 is 0 Å². The standard InChI is InChI=1S/C14H22N2O/c1-11(2)16-7-6-13(10-16)15-9-12-4-3-5-14(17)8-12/h3-5,8,11,13,15,17H,6-7,9-10H2,1-2H3/t13-/m1/s1. The van der Waals surface area contributed by atoms with Crippen LogP contribution in [0.2, 0.25) is 0 Å². The average molecular weight is 234 g/mol. The minimum atomic E-state index is 0.347. The van der Waals surface area contributed by atoms with Crippen molar-refractivity contribution in [2.45, 2.75) is 38.9 Å². The third kappa shape index (κ3) is 3.45. The first-order valence-corrected chi connectivity index (χ1v) is 6.40. The maximum Gasteiger partial charge on any atom is 0.115 e. The zero-order valence-corrected chi connectivity index (χ0v) is 10.7. The lowest BCUT2D eigenvalue weighted by molar-refractivity contribution is 0.268. The smallest absolute Gasteiger partial charge is 0.115 e. The molecule has 0 amide bonds. The first-order chi connectivity index (χ1) is 8.15. The van der Waals surface area contributed by atoms with Gasteiger partial charge in [0.15, 0.2) is 0 Å². The van der Waals surface area contributed by atoms with E-state index in [9.17, 15) is 5.11 Å². The van der Waals surface area contributed by atoms with Crippen LogP contribution in [-0.4, -0.2) is 35.2 Å². The number of hydrogen-bond acceptors (Lipinski definition) is 3. The van der Waals surface area contributed by atoms with Crippen molar-refractivity contribution in [3.8, 4) is 5.75 Å². The van der Waals surface area contributed by atoms with E-state index in [0.717, 1.165) is 18.7 Å². The van der Waals surface area contributed by atoms with Crippen molar-refractivity contribution in [3.05, 3.63) is 29.8 Å². The summed E-state index contributed by atoms with van der Waals surface area (Å²) in [5.41, 5.74) is 1.15. The quantitative estimate of drug-likeness (QED) is 0.836. The highest BCUT2D eigenvalue weighted by Crippen LogP contribution is 2.14. The molecule has 1 fully saturated rings. The van der Waals surface area contributed by atoms with Crippen molar-refractivity contribution in [3.63, 3.8) is 0 Å². The number of likely N-dealkylation sites (tertiary alicyclic amines) is 1. The molecule has 1 heterocycles. The minimum absolute atomic E-state index is 0.347. The average Bonchev–Trinajstić information content (AvgIpc) is 2.75. The second kappa shape index (κ2) is 5.52. The molecule has 0 bridgehead atoms. The first kappa shape index (κ1) is 12.4. The van der Waals surface area contributed by atoms with Gasteiger partial charge in [-0.15, -0.1) is 0 Å². The lowest BCUT2D eigenvalue weighted by atomic mass is 10.2. The van der Waals surface area contributed by atoms with Crippen molar-refractivity contribution in [2.24, 2.45) is 0 Å². The molecule has 1 aliphatic heterocycles. The molecule has 3 heteroatoms. The van der Waals surface area contributed by atoms with Gasteiger partial charge < -0.3 is 10.4 Å². The highest BCUT2D eigenvalue weighted by atomic mass is 16.3. The molecule has 0 aliphatic carbocycles. The normalized spacial score (nSPS) is 21.2. The molecule has 2 N–H and O–H groups in total. The van der Waals surface area contributed by atoms with Gasteiger partial charge in [0, 0.05) is 25.2 Å². The Hall–Kier alpha value is -1.06. The molecule has 0 aromatic heterocycles. The molecule has 0 saturated carbocycles. The van der Waals surface area contributed by atoms with Crippen LogP contribution in [0.25, 0.3) is 0 Å². The van der Waals surface area contributed by atoms with Crippen LogP contribution in [0.4, 0.5) is 0 Å². The number of phenols is 1. The van der Waals surface area contributed by atoms with Crippen LogP contribution in [0.15, 0.2) is 24.3 Å². The summed E-state index contributed by atoms with van der Waals surface area (Å²) in [7, 11) is 0. The predicted molar refractivity (Wildman–Crippen MR) is 70.1 cm³/mol. The zero-order chi connectivity index (χ0) is 12.3. The fourth-order valence-corrected chi connectivity index (χ4v) is 2.35. The molecule has 0 radical (unpaired) electrons. The molecule has 0 unspecified atom stereocenters. The van der Waals surface area contributed by atoms with E-state index in [1.165, 1.54) is 13.0 Å². The molecule has 1 aromatic carbocycles. The Labute approximate surface area is 103 Å². The summed E-state index contributed by atoms with van der Waals surface area (Å²) in [5.74, 6) is 0.347. The van der Waals surface area contributed by atoms with Gasteiger partial charge in [0.05, 0.1) is 0 Å². The summed E-state index contributed by atoms with van der Waals surface area (Å²) < 4.78 is 0. The first-order valence-electron chi connectivity index (χ1n) is 6.40. The third-order valence-corrected chi connectivity index (χ3v) is 3.46. The van der Waals surface area contributed by atoms with Crippen LogP contribution < -0.4 is 5.32 Å². The van der Waals surface area contributed by atoms with Gasteiger partial charge in [0.2, 0.25) is 0 Å². The van der Waals surface area contributed by atoms with Crippen molar-refractivity contribution in [2.75, 3.05) is 13.1 Å². The van der Waals surface area contributed by atoms with Crippen molar-refractivity contribution < 1.29 is 5.11 Å². The number of rotatable bonds is 4. The number of benzene rings is 1. The summed E-state index contributed by atoms with van der Waals surface area (Å²) in [6.45, 7) is 7.66. The van der Waals surface area contributed by atoms with E-state index < -0.39 is 0 Å². The summed E-state index contributed by atoms with van der Waals surface area (Å²) >= 11 is 0. The molecule has 1 saturated heterocycles. The zero-order valence-electron chi connectivity index (χ0n) is 10.7. The highest BCUT2D eigenvalue weighted by molar-refractivity contribution is 5.26. The largest absolute Gasteiger partial charge is 0.508 e. The number of aromatic hydroxyl groups is 1. The van der Waals surface area contributed by atoms with Gasteiger partial charge in [-0.25, -0.2) is 0 Å². The lowest BCUT2D eigenvalue weighted by Gasteiger charge is -2.20. The third-order valence-electron chi connectivity index (χ3n) is 3.46. The molecule has 0 spiro atoms. The van der Waals surface area contributed by atoms with Crippen LogP contribution in [0.5, 0.6) is 5.75 Å². The Kier molecular flexibility index (Phi) is 4.02. The SMILES string of the molecule is CC(C)N1CC[C@@H](NCc2cccc(O)c2)C1. The van der Waals surface area contributed by atoms with E-state index in [2.05, 4.69) is 24.1 Å². The Morgan fingerprint density at radius 1 is 1.47 bits per heavy atom. The highest BCUT2D eigenvalue weighted by Gasteiger charge is 2.23. The maximum absolute atomic E-state index is 9.38. The fraction of sp³-hybridized carbons (Fsp3) is 0.571. The van der Waals surface area contributed by atoms with Crippen LogP contribution in [0.3, 0.4) is 0 Å². The number of nitrogens with one attached hydrogen (secondary N) is 1. The predicted octanol–water partition coefficient (Wildman–Crippen LogP) is 1.96. The monoisotopic (exact) mass is 234 g/mol. The van der Waals surface area contributed by atoms with Gasteiger partial charge in [-0.05, 0) is 44.5 Å². The van der Waals surface area contributed by atoms with Gasteiger partial charge in [0.25, 0.3) is 0 Å². The van der Waals surface area contributed by atoms with Gasteiger partial charge in [-0.2, -0.15) is 0 Å². The van der Waals surface area contributed by atoms with Gasteiger partial charge in [-0.1, -0.05) is 12.1 Å². The molecule has 1 atom stereocenters. The van der Waals surface area contributed by atoms with E-state index in [4.69, 9.17) is 0 Å². The molecule has 1 aliphatic rings. The van der Waals surface area contributed by atoms with Crippen LogP contribution in [0.1, 0.15) is 25.8 Å². The Morgan fingerprint density at radius 2 is 2.29 bits per heavy atom. The van der Waals surface area contributed by atoms with Gasteiger partial charge >= 0.3 is 0 Å². The number of hydrogen-bond donors (Lipinski definition) is 2. The summed E-state index contributed by atoms with van der Waals surface area (Å²) in [6, 6.07) is 8.69. The topological polar surface area (TPSA) is 35.5 Å². The molecular formula is C14H22N2O. The van der Waals surface area contributed by atoms with Gasteiger partial charge in [-0.3, -0.25) is 4.90 Å². The van der Waals surface area contributed by atoms with Crippen LogP contribution >= 0.6 is 0 Å². The summed E-state index contributed by atoms with van der Waals surface area (Å²) in [6.07, 6.45) is 1.22. The van der Waals surface area contributed by atoms with E-state index in [1.54, 1.807) is 6.07 Å². The van der Waals surface area contributed by atoms with Gasteiger partial charge in [0.1, 0.15) is 5.75 Å².